The zero-order valence-corrected chi connectivity index (χ0v) is 14.4. The van der Waals surface area contributed by atoms with Gasteiger partial charge in [0.2, 0.25) is 0 Å². The molecule has 1 aliphatic rings. The summed E-state index contributed by atoms with van der Waals surface area (Å²) in [6.45, 7) is 4.72. The van der Waals surface area contributed by atoms with E-state index in [-0.39, 0.29) is 12.0 Å². The average Bonchev–Trinajstić information content (AvgIpc) is 3.06. The topological polar surface area (TPSA) is 64.6 Å². The quantitative estimate of drug-likeness (QED) is 0.612. The number of thioether (sulfide) groups is 1. The molecule has 2 rings (SSSR count). The summed E-state index contributed by atoms with van der Waals surface area (Å²) in [6, 6.07) is 7.31. The summed E-state index contributed by atoms with van der Waals surface area (Å²) in [4.78, 5) is 24.9. The highest BCUT2D eigenvalue weighted by Gasteiger charge is 2.21. The second kappa shape index (κ2) is 8.93. The number of nitrogens with one attached hydrogen (secondary N) is 1. The summed E-state index contributed by atoms with van der Waals surface area (Å²) < 4.78 is 10.9. The van der Waals surface area contributed by atoms with Crippen molar-refractivity contribution in [2.75, 3.05) is 18.9 Å². The fraction of sp³-hybridized carbons (Fsp3) is 0.529. The van der Waals surface area contributed by atoms with Gasteiger partial charge in [-0.25, -0.2) is 4.79 Å². The van der Waals surface area contributed by atoms with E-state index in [0.29, 0.717) is 12.1 Å². The minimum Gasteiger partial charge on any atom is -0.449 e. The lowest BCUT2D eigenvalue weighted by molar-refractivity contribution is -0.128. The zero-order chi connectivity index (χ0) is 16.7. The molecule has 1 aromatic rings. The molecule has 1 heterocycles. The first-order valence-corrected chi connectivity index (χ1v) is 8.92. The van der Waals surface area contributed by atoms with Crippen LogP contribution in [0.2, 0.25) is 0 Å². The number of hydrogen-bond donors (Lipinski definition) is 1. The van der Waals surface area contributed by atoms with E-state index in [0.717, 1.165) is 30.1 Å². The van der Waals surface area contributed by atoms with Crippen LogP contribution in [0.25, 0.3) is 0 Å². The van der Waals surface area contributed by atoms with Crippen LogP contribution >= 0.6 is 11.8 Å². The number of ether oxygens (including phenoxy) is 2. The van der Waals surface area contributed by atoms with Gasteiger partial charge < -0.3 is 14.8 Å². The van der Waals surface area contributed by atoms with Crippen molar-refractivity contribution in [1.82, 2.24) is 5.32 Å². The van der Waals surface area contributed by atoms with Gasteiger partial charge >= 0.3 is 5.97 Å². The lowest BCUT2D eigenvalue weighted by Crippen LogP contribution is -2.35. The van der Waals surface area contributed by atoms with Crippen LogP contribution in [0.15, 0.2) is 29.2 Å². The van der Waals surface area contributed by atoms with Gasteiger partial charge in [-0.3, -0.25) is 4.79 Å². The Bertz CT molecular complexity index is 543. The van der Waals surface area contributed by atoms with Crippen molar-refractivity contribution in [1.29, 1.82) is 0 Å². The summed E-state index contributed by atoms with van der Waals surface area (Å²) in [6.07, 6.45) is 1.60. The Morgan fingerprint density at radius 2 is 2.22 bits per heavy atom. The van der Waals surface area contributed by atoms with E-state index in [1.165, 1.54) is 0 Å². The Hall–Kier alpha value is -1.53. The maximum absolute atomic E-state index is 12.3. The maximum Gasteiger partial charge on any atom is 0.340 e. The Kier molecular flexibility index (Phi) is 6.92. The first-order valence-electron chi connectivity index (χ1n) is 7.94. The monoisotopic (exact) mass is 337 g/mol. The van der Waals surface area contributed by atoms with Crippen molar-refractivity contribution in [2.45, 2.75) is 43.8 Å². The molecule has 1 saturated heterocycles. The Labute approximate surface area is 141 Å². The molecule has 126 valence electrons. The summed E-state index contributed by atoms with van der Waals surface area (Å²) in [5.41, 5.74) is 0.492. The molecule has 1 fully saturated rings. The van der Waals surface area contributed by atoms with Crippen LogP contribution in [-0.4, -0.2) is 43.0 Å². The number of carbonyl (C=O) groups excluding carboxylic acids is 2. The predicted molar refractivity (Wildman–Crippen MR) is 89.7 cm³/mol. The molecule has 1 amide bonds. The predicted octanol–water partition coefficient (Wildman–Crippen LogP) is 2.64. The summed E-state index contributed by atoms with van der Waals surface area (Å²) >= 11 is 1.59. The van der Waals surface area contributed by atoms with Gasteiger partial charge in [0, 0.05) is 23.8 Å². The third-order valence-electron chi connectivity index (χ3n) is 3.56. The first-order chi connectivity index (χ1) is 11.1. The Balaban J connectivity index is 1.97. The number of amides is 1. The van der Waals surface area contributed by atoms with Gasteiger partial charge in [-0.2, -0.15) is 0 Å². The summed E-state index contributed by atoms with van der Waals surface area (Å²) in [7, 11) is 0. The molecule has 0 aliphatic carbocycles. The van der Waals surface area contributed by atoms with Crippen LogP contribution in [0, 0.1) is 0 Å². The smallest absolute Gasteiger partial charge is 0.340 e. The van der Waals surface area contributed by atoms with Crippen molar-refractivity contribution in [3.8, 4) is 0 Å². The van der Waals surface area contributed by atoms with Crippen molar-refractivity contribution in [2.24, 2.45) is 0 Å². The van der Waals surface area contributed by atoms with E-state index in [9.17, 15) is 9.59 Å². The molecule has 0 spiro atoms. The molecule has 1 aliphatic heterocycles. The van der Waals surface area contributed by atoms with Gasteiger partial charge in [0.05, 0.1) is 11.7 Å². The second-order valence-electron chi connectivity index (χ2n) is 5.38. The Morgan fingerprint density at radius 1 is 1.43 bits per heavy atom. The summed E-state index contributed by atoms with van der Waals surface area (Å²) in [5.74, 6) is 0.0560. The highest BCUT2D eigenvalue weighted by molar-refractivity contribution is 7.99. The number of benzene rings is 1. The number of rotatable bonds is 7. The van der Waals surface area contributed by atoms with E-state index < -0.39 is 12.1 Å². The fourth-order valence-electron chi connectivity index (χ4n) is 2.32. The van der Waals surface area contributed by atoms with E-state index in [1.807, 2.05) is 19.1 Å². The van der Waals surface area contributed by atoms with E-state index in [1.54, 1.807) is 30.8 Å². The minimum absolute atomic E-state index is 0.248. The number of hydrogen-bond acceptors (Lipinski definition) is 5. The van der Waals surface area contributed by atoms with Gasteiger partial charge in [0.1, 0.15) is 0 Å². The maximum atomic E-state index is 12.3. The fourth-order valence-corrected chi connectivity index (χ4v) is 3.43. The first kappa shape index (κ1) is 17.8. The van der Waals surface area contributed by atoms with Gasteiger partial charge in [-0.15, -0.1) is 11.8 Å². The van der Waals surface area contributed by atoms with Crippen molar-refractivity contribution in [3.63, 3.8) is 0 Å². The van der Waals surface area contributed by atoms with Gasteiger partial charge in [-0.05, 0) is 38.8 Å². The second-order valence-corrected chi connectivity index (χ2v) is 6.45. The lowest BCUT2D eigenvalue weighted by Gasteiger charge is -2.15. The van der Waals surface area contributed by atoms with Crippen LogP contribution in [0.1, 0.15) is 37.0 Å². The standard InChI is InChI=1S/C17H23NO4S/c1-3-18-16(19)12(2)22-17(20)14-8-4-5-9-15(14)23-11-13-7-6-10-21-13/h4-5,8-9,12-13H,3,6-7,10-11H2,1-2H3,(H,18,19)/t12-,13+/m1/s1. The molecule has 0 radical (unpaired) electrons. The molecule has 0 aromatic heterocycles. The van der Waals surface area contributed by atoms with Crippen molar-refractivity contribution < 1.29 is 19.1 Å². The Morgan fingerprint density at radius 3 is 2.91 bits per heavy atom. The normalized spacial score (nSPS) is 18.4. The average molecular weight is 337 g/mol. The van der Waals surface area contributed by atoms with E-state index in [4.69, 9.17) is 9.47 Å². The van der Waals surface area contributed by atoms with Crippen molar-refractivity contribution >= 4 is 23.6 Å². The van der Waals surface area contributed by atoms with Crippen LogP contribution < -0.4 is 5.32 Å². The van der Waals surface area contributed by atoms with Crippen LogP contribution in [0.4, 0.5) is 0 Å². The molecule has 2 atom stereocenters. The molecule has 23 heavy (non-hydrogen) atoms. The molecule has 5 nitrogen and oxygen atoms in total. The number of esters is 1. The molecule has 0 saturated carbocycles. The number of carbonyl (C=O) groups is 2. The molecule has 0 unspecified atom stereocenters. The lowest BCUT2D eigenvalue weighted by atomic mass is 10.2. The largest absolute Gasteiger partial charge is 0.449 e. The molecule has 0 bridgehead atoms. The molecule has 6 heteroatoms. The molecule has 1 aromatic carbocycles. The van der Waals surface area contributed by atoms with E-state index >= 15 is 0 Å². The van der Waals surface area contributed by atoms with Crippen LogP contribution in [0.3, 0.4) is 0 Å². The van der Waals surface area contributed by atoms with Gasteiger partial charge in [0.15, 0.2) is 6.10 Å². The van der Waals surface area contributed by atoms with Crippen molar-refractivity contribution in [3.05, 3.63) is 29.8 Å². The molecule has 1 N–H and O–H groups in total. The highest BCUT2D eigenvalue weighted by Crippen LogP contribution is 2.27. The SMILES string of the molecule is CCNC(=O)[C@@H](C)OC(=O)c1ccccc1SC[C@@H]1CCCO1. The van der Waals surface area contributed by atoms with E-state index in [2.05, 4.69) is 5.32 Å². The van der Waals surface area contributed by atoms with Crippen LogP contribution in [-0.2, 0) is 14.3 Å². The minimum atomic E-state index is -0.807. The summed E-state index contributed by atoms with van der Waals surface area (Å²) in [5, 5.41) is 2.64. The van der Waals surface area contributed by atoms with Gasteiger partial charge in [-0.1, -0.05) is 12.1 Å². The molecular formula is C17H23NO4S. The third-order valence-corrected chi connectivity index (χ3v) is 4.77. The number of likely N-dealkylation sites (N-methyl/N-ethyl adjacent to an activating group) is 1. The molecular weight excluding hydrogens is 314 g/mol. The van der Waals surface area contributed by atoms with Gasteiger partial charge in [0.25, 0.3) is 5.91 Å². The zero-order valence-electron chi connectivity index (χ0n) is 13.5. The third kappa shape index (κ3) is 5.25. The van der Waals surface area contributed by atoms with Crippen LogP contribution in [0.5, 0.6) is 0 Å². The highest BCUT2D eigenvalue weighted by atomic mass is 32.2.